The molecule has 0 radical (unpaired) electrons. The van der Waals surface area contributed by atoms with Gasteiger partial charge in [-0.25, -0.2) is 14.8 Å². The van der Waals surface area contributed by atoms with E-state index in [-0.39, 0.29) is 0 Å². The number of carbonyl (C=O) groups is 1. The molecule has 7 heteroatoms. The number of nitrogens with zero attached hydrogens (tertiary/aromatic N) is 5. The molecule has 1 amide bonds. The van der Waals surface area contributed by atoms with Crippen LogP contribution < -0.4 is 4.90 Å². The molecule has 1 aliphatic rings. The summed E-state index contributed by atoms with van der Waals surface area (Å²) in [7, 11) is 0. The van der Waals surface area contributed by atoms with Crippen LogP contribution in [0.3, 0.4) is 0 Å². The van der Waals surface area contributed by atoms with Crippen molar-refractivity contribution in [2.75, 3.05) is 31.1 Å². The van der Waals surface area contributed by atoms with Gasteiger partial charge in [0.25, 0.3) is 0 Å². The van der Waals surface area contributed by atoms with Gasteiger partial charge in [-0.3, -0.25) is 4.98 Å². The molecule has 1 N–H and O–H groups in total. The number of rotatable bonds is 2. The Balaban J connectivity index is 1.66. The van der Waals surface area contributed by atoms with Crippen molar-refractivity contribution in [3.05, 3.63) is 48.4 Å². The summed E-state index contributed by atoms with van der Waals surface area (Å²) in [5.74, 6) is 0.855. The van der Waals surface area contributed by atoms with Gasteiger partial charge in [-0.05, 0) is 19.1 Å². The van der Waals surface area contributed by atoms with Crippen molar-refractivity contribution < 1.29 is 9.90 Å². The van der Waals surface area contributed by atoms with Crippen molar-refractivity contribution in [3.63, 3.8) is 0 Å². The van der Waals surface area contributed by atoms with Crippen molar-refractivity contribution in [3.8, 4) is 11.3 Å². The number of pyridine rings is 1. The normalized spacial score (nSPS) is 14.7. The summed E-state index contributed by atoms with van der Waals surface area (Å²) in [5.41, 5.74) is 3.74. The van der Waals surface area contributed by atoms with Gasteiger partial charge in [0.15, 0.2) is 0 Å². The number of para-hydroxylation sites is 1. The number of carboxylic acid groups (broad SMARTS) is 1. The molecule has 4 rings (SSSR count). The standard InChI is InChI=1S/C19H19N5O2/c1-13-17(15-10-14-4-2-3-5-16(14)20-11-15)21-12-22-18(13)23-6-8-24(9-7-23)19(25)26/h2-5,10-12H,6-9H2,1H3,(H,25,26). The summed E-state index contributed by atoms with van der Waals surface area (Å²) in [6.45, 7) is 4.21. The zero-order chi connectivity index (χ0) is 18.1. The highest BCUT2D eigenvalue weighted by atomic mass is 16.4. The quantitative estimate of drug-likeness (QED) is 0.766. The molecular weight excluding hydrogens is 330 g/mol. The monoisotopic (exact) mass is 349 g/mol. The fourth-order valence-corrected chi connectivity index (χ4v) is 3.36. The van der Waals surface area contributed by atoms with Crippen molar-refractivity contribution in [2.24, 2.45) is 0 Å². The van der Waals surface area contributed by atoms with Crippen LogP contribution in [0, 0.1) is 6.92 Å². The summed E-state index contributed by atoms with van der Waals surface area (Å²) in [6.07, 6.45) is 2.53. The highest BCUT2D eigenvalue weighted by molar-refractivity contribution is 5.83. The van der Waals surface area contributed by atoms with Crippen LogP contribution in [0.15, 0.2) is 42.9 Å². The lowest BCUT2D eigenvalue weighted by atomic mass is 10.1. The first-order valence-electron chi connectivity index (χ1n) is 8.53. The number of hydrogen-bond acceptors (Lipinski definition) is 5. The predicted molar refractivity (Wildman–Crippen MR) is 99.3 cm³/mol. The fourth-order valence-electron chi connectivity index (χ4n) is 3.36. The van der Waals surface area contributed by atoms with Gasteiger partial charge in [0.05, 0.1) is 11.2 Å². The smallest absolute Gasteiger partial charge is 0.407 e. The Labute approximate surface area is 150 Å². The highest BCUT2D eigenvalue weighted by Crippen LogP contribution is 2.28. The van der Waals surface area contributed by atoms with E-state index in [9.17, 15) is 4.79 Å². The van der Waals surface area contributed by atoms with E-state index in [1.54, 1.807) is 6.33 Å². The minimum atomic E-state index is -0.869. The SMILES string of the molecule is Cc1c(-c2cnc3ccccc3c2)ncnc1N1CCN(C(=O)O)CC1. The van der Waals surface area contributed by atoms with Gasteiger partial charge >= 0.3 is 6.09 Å². The zero-order valence-corrected chi connectivity index (χ0v) is 14.5. The molecule has 0 saturated carbocycles. The first kappa shape index (κ1) is 16.3. The van der Waals surface area contributed by atoms with Crippen LogP contribution in [0.4, 0.5) is 10.6 Å². The van der Waals surface area contributed by atoms with E-state index in [0.29, 0.717) is 26.2 Å². The summed E-state index contributed by atoms with van der Waals surface area (Å²) in [5, 5.41) is 10.2. The second kappa shape index (κ2) is 6.59. The molecule has 1 saturated heterocycles. The van der Waals surface area contributed by atoms with Crippen LogP contribution in [0.2, 0.25) is 0 Å². The van der Waals surface area contributed by atoms with E-state index in [2.05, 4.69) is 25.9 Å². The number of fused-ring (bicyclic) bond motifs is 1. The number of anilines is 1. The van der Waals surface area contributed by atoms with E-state index in [0.717, 1.165) is 33.5 Å². The maximum absolute atomic E-state index is 11.1. The van der Waals surface area contributed by atoms with Gasteiger partial charge in [-0.2, -0.15) is 0 Å². The number of piperazine rings is 1. The molecule has 0 unspecified atom stereocenters. The molecule has 0 bridgehead atoms. The molecule has 0 atom stereocenters. The average molecular weight is 349 g/mol. The van der Waals surface area contributed by atoms with Gasteiger partial charge in [0.1, 0.15) is 12.1 Å². The molecular formula is C19H19N5O2. The molecule has 7 nitrogen and oxygen atoms in total. The summed E-state index contributed by atoms with van der Waals surface area (Å²) in [6, 6.07) is 10.1. The third-order valence-corrected chi connectivity index (χ3v) is 4.77. The van der Waals surface area contributed by atoms with Crippen LogP contribution >= 0.6 is 0 Å². The second-order valence-corrected chi connectivity index (χ2v) is 6.34. The first-order valence-corrected chi connectivity index (χ1v) is 8.53. The average Bonchev–Trinajstić information content (AvgIpc) is 2.68. The number of benzene rings is 1. The molecule has 3 heterocycles. The lowest BCUT2D eigenvalue weighted by Gasteiger charge is -2.34. The van der Waals surface area contributed by atoms with E-state index in [4.69, 9.17) is 5.11 Å². The fraction of sp³-hybridized carbons (Fsp3) is 0.263. The van der Waals surface area contributed by atoms with Crippen molar-refractivity contribution >= 4 is 22.8 Å². The van der Waals surface area contributed by atoms with Gasteiger partial charge in [0.2, 0.25) is 0 Å². The molecule has 3 aromatic rings. The first-order chi connectivity index (χ1) is 12.6. The number of hydrogen-bond donors (Lipinski definition) is 1. The second-order valence-electron chi connectivity index (χ2n) is 6.34. The third kappa shape index (κ3) is 2.92. The third-order valence-electron chi connectivity index (χ3n) is 4.77. The number of aromatic nitrogens is 3. The molecule has 0 spiro atoms. The predicted octanol–water partition coefficient (Wildman–Crippen LogP) is 2.80. The van der Waals surface area contributed by atoms with Gasteiger partial charge < -0.3 is 14.9 Å². The van der Waals surface area contributed by atoms with Gasteiger partial charge in [-0.1, -0.05) is 18.2 Å². The van der Waals surface area contributed by atoms with E-state index in [1.807, 2.05) is 37.4 Å². The van der Waals surface area contributed by atoms with Crippen LogP contribution in [-0.2, 0) is 0 Å². The Hall–Kier alpha value is -3.22. The Morgan fingerprint density at radius 2 is 1.85 bits per heavy atom. The Morgan fingerprint density at radius 3 is 2.62 bits per heavy atom. The van der Waals surface area contributed by atoms with Crippen molar-refractivity contribution in [1.82, 2.24) is 19.9 Å². The topological polar surface area (TPSA) is 82.5 Å². The van der Waals surface area contributed by atoms with Crippen LogP contribution in [-0.4, -0.2) is 57.2 Å². The van der Waals surface area contributed by atoms with Gasteiger partial charge in [0, 0.05) is 48.9 Å². The molecule has 132 valence electrons. The Morgan fingerprint density at radius 1 is 1.08 bits per heavy atom. The maximum Gasteiger partial charge on any atom is 0.407 e. The Kier molecular flexibility index (Phi) is 4.12. The van der Waals surface area contributed by atoms with Crippen LogP contribution in [0.1, 0.15) is 5.56 Å². The van der Waals surface area contributed by atoms with Crippen LogP contribution in [0.5, 0.6) is 0 Å². The highest BCUT2D eigenvalue weighted by Gasteiger charge is 2.23. The lowest BCUT2D eigenvalue weighted by Crippen LogP contribution is -2.48. The Bertz CT molecular complexity index is 967. The number of amides is 1. The molecule has 0 aliphatic carbocycles. The van der Waals surface area contributed by atoms with E-state index in [1.165, 1.54) is 4.90 Å². The van der Waals surface area contributed by atoms with E-state index >= 15 is 0 Å². The maximum atomic E-state index is 11.1. The molecule has 1 aliphatic heterocycles. The minimum absolute atomic E-state index is 0.478. The van der Waals surface area contributed by atoms with Crippen molar-refractivity contribution in [1.29, 1.82) is 0 Å². The van der Waals surface area contributed by atoms with E-state index < -0.39 is 6.09 Å². The summed E-state index contributed by atoms with van der Waals surface area (Å²) in [4.78, 5) is 28.1. The van der Waals surface area contributed by atoms with Crippen molar-refractivity contribution in [2.45, 2.75) is 6.92 Å². The lowest BCUT2D eigenvalue weighted by molar-refractivity contribution is 0.142. The summed E-state index contributed by atoms with van der Waals surface area (Å²) >= 11 is 0. The van der Waals surface area contributed by atoms with Gasteiger partial charge in [-0.15, -0.1) is 0 Å². The molecule has 1 fully saturated rings. The minimum Gasteiger partial charge on any atom is -0.465 e. The largest absolute Gasteiger partial charge is 0.465 e. The molecule has 2 aromatic heterocycles. The summed E-state index contributed by atoms with van der Waals surface area (Å²) < 4.78 is 0. The molecule has 1 aromatic carbocycles. The zero-order valence-electron chi connectivity index (χ0n) is 14.5. The van der Waals surface area contributed by atoms with Crippen LogP contribution in [0.25, 0.3) is 22.2 Å². The molecule has 26 heavy (non-hydrogen) atoms.